The molecule has 0 amide bonds. The van der Waals surface area contributed by atoms with Crippen LogP contribution in [0.4, 0.5) is 0 Å². The van der Waals surface area contributed by atoms with E-state index in [0.717, 1.165) is 13.1 Å². The van der Waals surface area contributed by atoms with Crippen LogP contribution in [0, 0.1) is 24.2 Å². The summed E-state index contributed by atoms with van der Waals surface area (Å²) in [6, 6.07) is 11.0. The Morgan fingerprint density at radius 3 is 2.39 bits per heavy atom. The van der Waals surface area contributed by atoms with Crippen LogP contribution in [0.25, 0.3) is 0 Å². The van der Waals surface area contributed by atoms with Gasteiger partial charge in [-0.05, 0) is 26.0 Å². The molecular weight excluding hydrogens is 222 g/mol. The van der Waals surface area contributed by atoms with Crippen molar-refractivity contribution in [1.29, 1.82) is 5.26 Å². The van der Waals surface area contributed by atoms with Crippen molar-refractivity contribution in [2.45, 2.75) is 26.8 Å². The predicted molar refractivity (Wildman–Crippen MR) is 75.0 cm³/mol. The van der Waals surface area contributed by atoms with Crippen LogP contribution < -0.4 is 5.73 Å². The fourth-order valence-corrected chi connectivity index (χ4v) is 2.15. The SMILES string of the molecule is CCN(CC(C)C#N)C(CN)c1ccc(C)cc1. The summed E-state index contributed by atoms with van der Waals surface area (Å²) in [6.45, 7) is 8.39. The largest absolute Gasteiger partial charge is 0.329 e. The summed E-state index contributed by atoms with van der Waals surface area (Å²) in [5.74, 6) is 0.0319. The van der Waals surface area contributed by atoms with Gasteiger partial charge in [-0.15, -0.1) is 0 Å². The van der Waals surface area contributed by atoms with Gasteiger partial charge in [-0.1, -0.05) is 36.8 Å². The number of aryl methyl sites for hydroxylation is 1. The van der Waals surface area contributed by atoms with Gasteiger partial charge in [0.2, 0.25) is 0 Å². The molecule has 0 aliphatic rings. The average Bonchev–Trinajstić information content (AvgIpc) is 2.40. The molecule has 2 N–H and O–H groups in total. The van der Waals surface area contributed by atoms with Gasteiger partial charge in [0, 0.05) is 19.1 Å². The summed E-state index contributed by atoms with van der Waals surface area (Å²) in [5.41, 5.74) is 8.40. The maximum atomic E-state index is 8.93. The summed E-state index contributed by atoms with van der Waals surface area (Å²) in [5, 5.41) is 8.93. The van der Waals surface area contributed by atoms with Crippen molar-refractivity contribution in [2.75, 3.05) is 19.6 Å². The highest BCUT2D eigenvalue weighted by Crippen LogP contribution is 2.21. The van der Waals surface area contributed by atoms with Crippen LogP contribution in [0.3, 0.4) is 0 Å². The maximum absolute atomic E-state index is 8.93. The average molecular weight is 245 g/mol. The van der Waals surface area contributed by atoms with Gasteiger partial charge in [0.15, 0.2) is 0 Å². The third kappa shape index (κ3) is 3.83. The van der Waals surface area contributed by atoms with E-state index in [0.29, 0.717) is 6.54 Å². The number of likely N-dealkylation sites (N-methyl/N-ethyl adjacent to an activating group) is 1. The minimum atomic E-state index is 0.0319. The Labute approximate surface area is 110 Å². The maximum Gasteiger partial charge on any atom is 0.0666 e. The standard InChI is InChI=1S/C15H23N3/c1-4-18(11-13(3)9-16)15(10-17)14-7-5-12(2)6-8-14/h5-8,13,15H,4,10-11,17H2,1-3H3. The van der Waals surface area contributed by atoms with E-state index in [-0.39, 0.29) is 12.0 Å². The van der Waals surface area contributed by atoms with Gasteiger partial charge < -0.3 is 5.73 Å². The Bertz CT molecular complexity index is 391. The Kier molecular flexibility index (Phi) is 5.84. The third-order valence-electron chi connectivity index (χ3n) is 3.26. The van der Waals surface area contributed by atoms with E-state index in [9.17, 15) is 0 Å². The molecule has 0 radical (unpaired) electrons. The van der Waals surface area contributed by atoms with Gasteiger partial charge in [-0.25, -0.2) is 0 Å². The van der Waals surface area contributed by atoms with E-state index in [4.69, 9.17) is 11.0 Å². The van der Waals surface area contributed by atoms with E-state index in [1.54, 1.807) is 0 Å². The molecule has 3 heteroatoms. The van der Waals surface area contributed by atoms with Crippen LogP contribution in [-0.2, 0) is 0 Å². The van der Waals surface area contributed by atoms with E-state index >= 15 is 0 Å². The smallest absolute Gasteiger partial charge is 0.0666 e. The Hall–Kier alpha value is -1.37. The molecule has 18 heavy (non-hydrogen) atoms. The van der Waals surface area contributed by atoms with Crippen LogP contribution >= 0.6 is 0 Å². The second-order valence-electron chi connectivity index (χ2n) is 4.78. The van der Waals surface area contributed by atoms with Crippen molar-refractivity contribution in [2.24, 2.45) is 11.7 Å². The molecule has 1 aromatic rings. The van der Waals surface area contributed by atoms with Crippen molar-refractivity contribution in [3.05, 3.63) is 35.4 Å². The van der Waals surface area contributed by atoms with Crippen LogP contribution in [0.1, 0.15) is 31.0 Å². The van der Waals surface area contributed by atoms with Gasteiger partial charge in [0.25, 0.3) is 0 Å². The molecule has 2 unspecified atom stereocenters. The lowest BCUT2D eigenvalue weighted by atomic mass is 10.0. The van der Waals surface area contributed by atoms with Gasteiger partial charge in [0.05, 0.1) is 12.0 Å². The Balaban J connectivity index is 2.86. The van der Waals surface area contributed by atoms with Crippen LogP contribution in [0.15, 0.2) is 24.3 Å². The second kappa shape index (κ2) is 7.15. The third-order valence-corrected chi connectivity index (χ3v) is 3.26. The minimum Gasteiger partial charge on any atom is -0.329 e. The quantitative estimate of drug-likeness (QED) is 0.837. The number of nitrogens with two attached hydrogens (primary N) is 1. The van der Waals surface area contributed by atoms with Crippen LogP contribution in [0.5, 0.6) is 0 Å². The lowest BCUT2D eigenvalue weighted by Crippen LogP contribution is -2.36. The van der Waals surface area contributed by atoms with Gasteiger partial charge in [-0.2, -0.15) is 5.26 Å². The Morgan fingerprint density at radius 2 is 1.94 bits per heavy atom. The molecule has 2 atom stereocenters. The van der Waals surface area contributed by atoms with Crippen LogP contribution in [0.2, 0.25) is 0 Å². The highest BCUT2D eigenvalue weighted by molar-refractivity contribution is 5.24. The van der Waals surface area contributed by atoms with Crippen molar-refractivity contribution in [1.82, 2.24) is 4.90 Å². The van der Waals surface area contributed by atoms with Crippen molar-refractivity contribution >= 4 is 0 Å². The molecule has 0 bridgehead atoms. The van der Waals surface area contributed by atoms with E-state index < -0.39 is 0 Å². The zero-order chi connectivity index (χ0) is 13.5. The molecule has 0 saturated carbocycles. The van der Waals surface area contributed by atoms with Crippen LogP contribution in [-0.4, -0.2) is 24.5 Å². The monoisotopic (exact) mass is 245 g/mol. The summed E-state index contributed by atoms with van der Waals surface area (Å²) in [4.78, 5) is 2.28. The number of nitriles is 1. The molecule has 0 spiro atoms. The highest BCUT2D eigenvalue weighted by Gasteiger charge is 2.19. The minimum absolute atomic E-state index is 0.0319. The van der Waals surface area contributed by atoms with Crippen molar-refractivity contribution in [3.63, 3.8) is 0 Å². The number of hydrogen-bond acceptors (Lipinski definition) is 3. The van der Waals surface area contributed by atoms with Crippen molar-refractivity contribution < 1.29 is 0 Å². The Morgan fingerprint density at radius 1 is 1.33 bits per heavy atom. The number of nitrogens with zero attached hydrogens (tertiary/aromatic N) is 2. The summed E-state index contributed by atoms with van der Waals surface area (Å²) in [6.07, 6.45) is 0. The van der Waals surface area contributed by atoms with E-state index in [2.05, 4.69) is 49.1 Å². The highest BCUT2D eigenvalue weighted by atomic mass is 15.2. The number of rotatable bonds is 6. The lowest BCUT2D eigenvalue weighted by Gasteiger charge is -2.31. The predicted octanol–water partition coefficient (Wildman–Crippen LogP) is 2.48. The van der Waals surface area contributed by atoms with Crippen molar-refractivity contribution in [3.8, 4) is 6.07 Å². The molecule has 1 aromatic carbocycles. The molecule has 0 aliphatic heterocycles. The molecule has 0 aromatic heterocycles. The normalized spacial score (nSPS) is 14.2. The molecule has 98 valence electrons. The zero-order valence-corrected chi connectivity index (χ0v) is 11.6. The second-order valence-corrected chi connectivity index (χ2v) is 4.78. The molecule has 0 fully saturated rings. The molecular formula is C15H23N3. The lowest BCUT2D eigenvalue weighted by molar-refractivity contribution is 0.198. The summed E-state index contributed by atoms with van der Waals surface area (Å²) >= 11 is 0. The first kappa shape index (κ1) is 14.7. The zero-order valence-electron chi connectivity index (χ0n) is 11.6. The first-order valence-corrected chi connectivity index (χ1v) is 6.52. The fraction of sp³-hybridized carbons (Fsp3) is 0.533. The molecule has 0 heterocycles. The number of benzene rings is 1. The molecule has 0 aliphatic carbocycles. The van der Waals surface area contributed by atoms with Gasteiger partial charge in [-0.3, -0.25) is 4.90 Å². The summed E-state index contributed by atoms with van der Waals surface area (Å²) in [7, 11) is 0. The molecule has 3 nitrogen and oxygen atoms in total. The first-order chi connectivity index (χ1) is 8.62. The van der Waals surface area contributed by atoms with E-state index in [1.807, 2.05) is 6.92 Å². The first-order valence-electron chi connectivity index (χ1n) is 6.52. The molecule has 0 saturated heterocycles. The summed E-state index contributed by atoms with van der Waals surface area (Å²) < 4.78 is 0. The van der Waals surface area contributed by atoms with E-state index in [1.165, 1.54) is 11.1 Å². The topological polar surface area (TPSA) is 53.0 Å². The van der Waals surface area contributed by atoms with Gasteiger partial charge >= 0.3 is 0 Å². The number of hydrogen-bond donors (Lipinski definition) is 1. The van der Waals surface area contributed by atoms with Gasteiger partial charge in [0.1, 0.15) is 0 Å². The molecule has 1 rings (SSSR count). The fourth-order valence-electron chi connectivity index (χ4n) is 2.15.